The van der Waals surface area contributed by atoms with Crippen molar-refractivity contribution in [3.63, 3.8) is 0 Å². The molecular weight excluding hydrogens is 193 g/mol. The highest BCUT2D eigenvalue weighted by Crippen LogP contribution is 2.17. The lowest BCUT2D eigenvalue weighted by Crippen LogP contribution is -1.92. The number of hydrogen-bond acceptors (Lipinski definition) is 2. The van der Waals surface area contributed by atoms with Crippen LogP contribution in [0.25, 0.3) is 11.3 Å². The van der Waals surface area contributed by atoms with Crippen molar-refractivity contribution >= 4 is 6.29 Å². The van der Waals surface area contributed by atoms with Crippen molar-refractivity contribution in [2.45, 2.75) is 0 Å². The number of rotatable bonds is 2. The van der Waals surface area contributed by atoms with Gasteiger partial charge in [0, 0.05) is 5.56 Å². The molecule has 0 aliphatic heterocycles. The van der Waals surface area contributed by atoms with E-state index in [1.807, 2.05) is 30.3 Å². The lowest BCUT2D eigenvalue weighted by Gasteiger charge is -2.01. The maximum Gasteiger partial charge on any atom is 0.153 e. The van der Waals surface area contributed by atoms with Crippen LogP contribution in [0.1, 0.15) is 10.4 Å². The minimum atomic E-state index is -0.593. The molecule has 0 radical (unpaired) electrons. The Morgan fingerprint density at radius 2 is 1.93 bits per heavy atom. The molecule has 0 aliphatic rings. The quantitative estimate of drug-likeness (QED) is 0.699. The zero-order chi connectivity index (χ0) is 10.7. The van der Waals surface area contributed by atoms with Crippen molar-refractivity contribution < 1.29 is 9.18 Å². The Kier molecular flexibility index (Phi) is 2.54. The molecular formula is C12H8FNO. The summed E-state index contributed by atoms with van der Waals surface area (Å²) in [5.41, 5.74) is 1.49. The van der Waals surface area contributed by atoms with Crippen LogP contribution in [-0.4, -0.2) is 11.3 Å². The van der Waals surface area contributed by atoms with Crippen LogP contribution < -0.4 is 0 Å². The zero-order valence-corrected chi connectivity index (χ0v) is 7.85. The summed E-state index contributed by atoms with van der Waals surface area (Å²) in [5, 5.41) is 0. The standard InChI is InChI=1S/C12H8FNO/c13-11-7-14-12(6-10(11)8-15)9-4-2-1-3-5-9/h1-8H. The molecule has 1 aromatic carbocycles. The average Bonchev–Trinajstić information content (AvgIpc) is 2.31. The lowest BCUT2D eigenvalue weighted by molar-refractivity contribution is 0.111. The smallest absolute Gasteiger partial charge is 0.153 e. The van der Waals surface area contributed by atoms with E-state index in [-0.39, 0.29) is 5.56 Å². The van der Waals surface area contributed by atoms with E-state index in [0.717, 1.165) is 11.8 Å². The molecule has 2 nitrogen and oxygen atoms in total. The van der Waals surface area contributed by atoms with Crippen LogP contribution in [0.2, 0.25) is 0 Å². The van der Waals surface area contributed by atoms with Gasteiger partial charge in [0.15, 0.2) is 12.1 Å². The minimum Gasteiger partial charge on any atom is -0.298 e. The van der Waals surface area contributed by atoms with E-state index < -0.39 is 5.82 Å². The third-order valence-electron chi connectivity index (χ3n) is 2.08. The Morgan fingerprint density at radius 3 is 2.60 bits per heavy atom. The first-order valence-electron chi connectivity index (χ1n) is 4.47. The maximum atomic E-state index is 13.0. The van der Waals surface area contributed by atoms with E-state index in [1.165, 1.54) is 6.07 Å². The number of aldehydes is 1. The molecule has 0 bridgehead atoms. The van der Waals surface area contributed by atoms with E-state index in [0.29, 0.717) is 12.0 Å². The second-order valence-electron chi connectivity index (χ2n) is 3.07. The topological polar surface area (TPSA) is 30.0 Å². The number of hydrogen-bond donors (Lipinski definition) is 0. The fourth-order valence-corrected chi connectivity index (χ4v) is 1.31. The molecule has 0 N–H and O–H groups in total. The third kappa shape index (κ3) is 1.91. The first-order chi connectivity index (χ1) is 7.31. The fourth-order valence-electron chi connectivity index (χ4n) is 1.31. The summed E-state index contributed by atoms with van der Waals surface area (Å²) in [6.45, 7) is 0. The van der Waals surface area contributed by atoms with Crippen LogP contribution in [-0.2, 0) is 0 Å². The highest BCUT2D eigenvalue weighted by atomic mass is 19.1. The predicted octanol–water partition coefficient (Wildman–Crippen LogP) is 2.70. The molecule has 0 aliphatic carbocycles. The molecule has 2 aromatic rings. The van der Waals surface area contributed by atoms with Crippen LogP contribution in [0.5, 0.6) is 0 Å². The van der Waals surface area contributed by atoms with Gasteiger partial charge in [0.05, 0.1) is 17.5 Å². The number of benzene rings is 1. The van der Waals surface area contributed by atoms with Crippen molar-refractivity contribution in [1.29, 1.82) is 0 Å². The van der Waals surface area contributed by atoms with E-state index >= 15 is 0 Å². The van der Waals surface area contributed by atoms with Gasteiger partial charge in [-0.15, -0.1) is 0 Å². The molecule has 0 spiro atoms. The molecule has 0 saturated carbocycles. The predicted molar refractivity (Wildman–Crippen MR) is 55.0 cm³/mol. The van der Waals surface area contributed by atoms with E-state index in [2.05, 4.69) is 4.98 Å². The lowest BCUT2D eigenvalue weighted by atomic mass is 10.1. The van der Waals surface area contributed by atoms with Gasteiger partial charge in [-0.3, -0.25) is 9.78 Å². The highest BCUT2D eigenvalue weighted by molar-refractivity contribution is 5.77. The van der Waals surface area contributed by atoms with Crippen LogP contribution in [0.3, 0.4) is 0 Å². The molecule has 2 rings (SSSR count). The average molecular weight is 201 g/mol. The Morgan fingerprint density at radius 1 is 1.20 bits per heavy atom. The Hall–Kier alpha value is -2.03. The first kappa shape index (κ1) is 9.52. The van der Waals surface area contributed by atoms with Crippen molar-refractivity contribution in [2.24, 2.45) is 0 Å². The van der Waals surface area contributed by atoms with Gasteiger partial charge < -0.3 is 0 Å². The van der Waals surface area contributed by atoms with E-state index in [4.69, 9.17) is 0 Å². The summed E-state index contributed by atoms with van der Waals surface area (Å²) in [7, 11) is 0. The molecule has 0 fully saturated rings. The molecule has 74 valence electrons. The number of aromatic nitrogens is 1. The summed E-state index contributed by atoms with van der Waals surface area (Å²) in [6, 6.07) is 10.8. The normalized spacial score (nSPS) is 9.93. The largest absolute Gasteiger partial charge is 0.298 e. The SMILES string of the molecule is O=Cc1cc(-c2ccccc2)ncc1F. The second-order valence-corrected chi connectivity index (χ2v) is 3.07. The van der Waals surface area contributed by atoms with Crippen molar-refractivity contribution in [1.82, 2.24) is 4.98 Å². The first-order valence-corrected chi connectivity index (χ1v) is 4.47. The molecule has 15 heavy (non-hydrogen) atoms. The zero-order valence-electron chi connectivity index (χ0n) is 7.85. The molecule has 1 heterocycles. The van der Waals surface area contributed by atoms with Gasteiger partial charge in [0.1, 0.15) is 0 Å². The molecule has 1 aromatic heterocycles. The summed E-state index contributed by atoms with van der Waals surface area (Å²) in [6.07, 6.45) is 1.55. The summed E-state index contributed by atoms with van der Waals surface area (Å²) >= 11 is 0. The van der Waals surface area contributed by atoms with Gasteiger partial charge in [-0.05, 0) is 6.07 Å². The summed E-state index contributed by atoms with van der Waals surface area (Å²) in [4.78, 5) is 14.5. The maximum absolute atomic E-state index is 13.0. The van der Waals surface area contributed by atoms with Crippen molar-refractivity contribution in [3.05, 3.63) is 54.0 Å². The number of pyridine rings is 1. The Bertz CT molecular complexity index is 482. The van der Waals surface area contributed by atoms with Crippen LogP contribution in [0.4, 0.5) is 4.39 Å². The van der Waals surface area contributed by atoms with Gasteiger partial charge in [-0.1, -0.05) is 30.3 Å². The third-order valence-corrected chi connectivity index (χ3v) is 2.08. The minimum absolute atomic E-state index is 0.0313. The molecule has 3 heteroatoms. The molecule has 0 saturated heterocycles. The molecule has 0 unspecified atom stereocenters. The number of halogens is 1. The van der Waals surface area contributed by atoms with Crippen molar-refractivity contribution in [3.8, 4) is 11.3 Å². The number of carbonyl (C=O) groups is 1. The Balaban J connectivity index is 2.51. The van der Waals surface area contributed by atoms with Gasteiger partial charge >= 0.3 is 0 Å². The number of nitrogens with zero attached hydrogens (tertiary/aromatic N) is 1. The Labute approximate surface area is 86.4 Å². The van der Waals surface area contributed by atoms with E-state index in [1.54, 1.807) is 0 Å². The van der Waals surface area contributed by atoms with Gasteiger partial charge in [0.2, 0.25) is 0 Å². The fraction of sp³-hybridized carbons (Fsp3) is 0. The van der Waals surface area contributed by atoms with Crippen LogP contribution in [0.15, 0.2) is 42.6 Å². The summed E-state index contributed by atoms with van der Waals surface area (Å²) in [5.74, 6) is -0.593. The van der Waals surface area contributed by atoms with Gasteiger partial charge in [0.25, 0.3) is 0 Å². The highest BCUT2D eigenvalue weighted by Gasteiger charge is 2.04. The summed E-state index contributed by atoms with van der Waals surface area (Å²) < 4.78 is 13.0. The van der Waals surface area contributed by atoms with Crippen molar-refractivity contribution in [2.75, 3.05) is 0 Å². The number of carbonyl (C=O) groups excluding carboxylic acids is 1. The van der Waals surface area contributed by atoms with Crippen LogP contribution in [0, 0.1) is 5.82 Å². The monoisotopic (exact) mass is 201 g/mol. The van der Waals surface area contributed by atoms with Gasteiger partial charge in [-0.2, -0.15) is 0 Å². The second kappa shape index (κ2) is 4.00. The van der Waals surface area contributed by atoms with Crippen LogP contribution >= 0.6 is 0 Å². The molecule has 0 amide bonds. The van der Waals surface area contributed by atoms with E-state index in [9.17, 15) is 9.18 Å². The molecule has 0 atom stereocenters. The van der Waals surface area contributed by atoms with Gasteiger partial charge in [-0.25, -0.2) is 4.39 Å².